The molecule has 8 nitrogen and oxygen atoms in total. The molecule has 1 amide bonds. The predicted molar refractivity (Wildman–Crippen MR) is 101 cm³/mol. The molecule has 144 valence electrons. The van der Waals surface area contributed by atoms with Gasteiger partial charge in [-0.15, -0.1) is 0 Å². The SMILES string of the molecule is CC1C(O)OC(=O)N1c1ccc(-c2ccc(Nc3ccn(C)n3)nc2)c(F)c1. The topological polar surface area (TPSA) is 92.5 Å². The largest absolute Gasteiger partial charge is 0.417 e. The summed E-state index contributed by atoms with van der Waals surface area (Å²) in [6.07, 6.45) is 1.42. The Kier molecular flexibility index (Phi) is 4.44. The zero-order valence-electron chi connectivity index (χ0n) is 15.2. The Bertz CT molecular complexity index is 1020. The third kappa shape index (κ3) is 3.27. The van der Waals surface area contributed by atoms with E-state index in [2.05, 4.69) is 15.4 Å². The molecule has 4 rings (SSSR count). The second kappa shape index (κ2) is 6.93. The molecule has 0 bridgehead atoms. The number of hydrogen-bond acceptors (Lipinski definition) is 6. The Morgan fingerprint density at radius 2 is 2.04 bits per heavy atom. The molecule has 0 aliphatic carbocycles. The number of aromatic nitrogens is 3. The lowest BCUT2D eigenvalue weighted by Gasteiger charge is -2.19. The van der Waals surface area contributed by atoms with Crippen LogP contribution in [0.4, 0.5) is 26.5 Å². The van der Waals surface area contributed by atoms with Gasteiger partial charge in [-0.1, -0.05) is 0 Å². The fourth-order valence-corrected chi connectivity index (χ4v) is 3.02. The van der Waals surface area contributed by atoms with Gasteiger partial charge in [0.05, 0.1) is 11.7 Å². The van der Waals surface area contributed by atoms with Gasteiger partial charge < -0.3 is 15.2 Å². The van der Waals surface area contributed by atoms with Crippen molar-refractivity contribution in [2.45, 2.75) is 19.3 Å². The molecule has 2 aromatic heterocycles. The molecule has 1 aromatic carbocycles. The van der Waals surface area contributed by atoms with Crippen LogP contribution >= 0.6 is 0 Å². The van der Waals surface area contributed by atoms with E-state index in [-0.39, 0.29) is 0 Å². The lowest BCUT2D eigenvalue weighted by Crippen LogP contribution is -2.33. The Morgan fingerprint density at radius 1 is 1.21 bits per heavy atom. The number of ether oxygens (including phenoxy) is 1. The number of hydrogen-bond donors (Lipinski definition) is 2. The van der Waals surface area contributed by atoms with Crippen LogP contribution < -0.4 is 10.2 Å². The van der Waals surface area contributed by atoms with E-state index in [4.69, 9.17) is 4.74 Å². The quantitative estimate of drug-likeness (QED) is 0.719. The molecule has 3 heterocycles. The molecule has 1 saturated heterocycles. The second-order valence-electron chi connectivity index (χ2n) is 6.48. The Hall–Kier alpha value is -3.46. The van der Waals surface area contributed by atoms with E-state index in [1.165, 1.54) is 11.0 Å². The van der Waals surface area contributed by atoms with Crippen LogP contribution in [0, 0.1) is 5.82 Å². The van der Waals surface area contributed by atoms with E-state index < -0.39 is 24.2 Å². The maximum Gasteiger partial charge on any atom is 0.417 e. The normalized spacial score (nSPS) is 19.0. The number of aliphatic hydroxyl groups excluding tert-OH is 1. The van der Waals surface area contributed by atoms with Crippen molar-refractivity contribution in [3.8, 4) is 11.1 Å². The van der Waals surface area contributed by atoms with Crippen LogP contribution in [0.15, 0.2) is 48.8 Å². The number of aliphatic hydroxyl groups is 1. The maximum atomic E-state index is 14.7. The monoisotopic (exact) mass is 383 g/mol. The second-order valence-corrected chi connectivity index (χ2v) is 6.48. The maximum absolute atomic E-state index is 14.7. The molecule has 2 unspecified atom stereocenters. The molecule has 2 atom stereocenters. The van der Waals surface area contributed by atoms with Crippen LogP contribution in [0.25, 0.3) is 11.1 Å². The fourth-order valence-electron chi connectivity index (χ4n) is 3.02. The van der Waals surface area contributed by atoms with Gasteiger partial charge in [0.25, 0.3) is 0 Å². The Morgan fingerprint density at radius 3 is 2.61 bits per heavy atom. The number of rotatable bonds is 4. The number of anilines is 3. The van der Waals surface area contributed by atoms with Gasteiger partial charge in [0.1, 0.15) is 11.6 Å². The van der Waals surface area contributed by atoms with Gasteiger partial charge in [0.2, 0.25) is 6.29 Å². The summed E-state index contributed by atoms with van der Waals surface area (Å²) in [5.74, 6) is 0.736. The number of amides is 1. The fraction of sp³-hybridized carbons (Fsp3) is 0.211. The number of pyridine rings is 1. The first kappa shape index (κ1) is 17.9. The average Bonchev–Trinajstić information content (AvgIpc) is 3.18. The van der Waals surface area contributed by atoms with Crippen molar-refractivity contribution < 1.29 is 19.0 Å². The van der Waals surface area contributed by atoms with E-state index in [1.807, 2.05) is 19.3 Å². The minimum atomic E-state index is -1.24. The van der Waals surface area contributed by atoms with Crippen molar-refractivity contribution in [3.05, 3.63) is 54.6 Å². The number of nitrogens with one attached hydrogen (secondary N) is 1. The van der Waals surface area contributed by atoms with Gasteiger partial charge >= 0.3 is 6.09 Å². The first-order valence-electron chi connectivity index (χ1n) is 8.63. The van der Waals surface area contributed by atoms with E-state index >= 15 is 0 Å². The third-order valence-corrected chi connectivity index (χ3v) is 4.51. The summed E-state index contributed by atoms with van der Waals surface area (Å²) in [4.78, 5) is 17.4. The van der Waals surface area contributed by atoms with E-state index in [1.54, 1.807) is 42.1 Å². The standard InChI is InChI=1S/C19H18FN5O3/c1-11-18(26)28-19(27)25(11)13-4-5-14(15(20)9-13)12-3-6-16(21-10-12)22-17-7-8-24(2)23-17/h3-11,18,26H,1-2H3,(H,21,22,23). The molecule has 3 aromatic rings. The van der Waals surface area contributed by atoms with Gasteiger partial charge in [0.15, 0.2) is 5.82 Å². The average molecular weight is 383 g/mol. The highest BCUT2D eigenvalue weighted by atomic mass is 19.1. The summed E-state index contributed by atoms with van der Waals surface area (Å²) >= 11 is 0. The van der Waals surface area contributed by atoms with Crippen molar-refractivity contribution in [3.63, 3.8) is 0 Å². The summed E-state index contributed by atoms with van der Waals surface area (Å²) in [5, 5.41) is 16.9. The van der Waals surface area contributed by atoms with E-state index in [9.17, 15) is 14.3 Å². The first-order valence-corrected chi connectivity index (χ1v) is 8.63. The van der Waals surface area contributed by atoms with Crippen molar-refractivity contribution in [1.29, 1.82) is 0 Å². The van der Waals surface area contributed by atoms with Crippen molar-refractivity contribution in [1.82, 2.24) is 14.8 Å². The number of benzene rings is 1. The smallest absolute Gasteiger partial charge is 0.417 e. The van der Waals surface area contributed by atoms with Crippen LogP contribution in [0.1, 0.15) is 6.92 Å². The molecule has 1 aliphatic rings. The van der Waals surface area contributed by atoms with Crippen LogP contribution in [0.3, 0.4) is 0 Å². The zero-order valence-corrected chi connectivity index (χ0v) is 15.2. The highest BCUT2D eigenvalue weighted by molar-refractivity contribution is 5.90. The van der Waals surface area contributed by atoms with Crippen LogP contribution in [-0.4, -0.2) is 38.3 Å². The van der Waals surface area contributed by atoms with Gasteiger partial charge in [-0.2, -0.15) is 5.10 Å². The molecule has 2 N–H and O–H groups in total. The summed E-state index contributed by atoms with van der Waals surface area (Å²) in [6.45, 7) is 1.62. The highest BCUT2D eigenvalue weighted by Gasteiger charge is 2.38. The van der Waals surface area contributed by atoms with E-state index in [0.717, 1.165) is 0 Å². The lowest BCUT2D eigenvalue weighted by molar-refractivity contribution is -0.0312. The van der Waals surface area contributed by atoms with Crippen LogP contribution in [-0.2, 0) is 11.8 Å². The third-order valence-electron chi connectivity index (χ3n) is 4.51. The number of cyclic esters (lactones) is 1. The summed E-state index contributed by atoms with van der Waals surface area (Å²) in [7, 11) is 1.82. The number of nitrogens with zero attached hydrogens (tertiary/aromatic N) is 4. The number of aryl methyl sites for hydroxylation is 1. The summed E-state index contributed by atoms with van der Waals surface area (Å²) < 4.78 is 21.1. The molecule has 0 radical (unpaired) electrons. The number of carbonyl (C=O) groups is 1. The number of halogens is 1. The minimum Gasteiger partial charge on any atom is -0.417 e. The Labute approximate surface area is 160 Å². The molecular formula is C19H18FN5O3. The van der Waals surface area contributed by atoms with Gasteiger partial charge in [-0.3, -0.25) is 9.58 Å². The van der Waals surface area contributed by atoms with Gasteiger partial charge in [-0.25, -0.2) is 14.2 Å². The van der Waals surface area contributed by atoms with Gasteiger partial charge in [-0.05, 0) is 37.3 Å². The lowest BCUT2D eigenvalue weighted by atomic mass is 10.1. The van der Waals surface area contributed by atoms with Crippen molar-refractivity contribution >= 4 is 23.4 Å². The molecule has 0 spiro atoms. The zero-order chi connectivity index (χ0) is 19.8. The molecule has 1 fully saturated rings. The molecule has 0 saturated carbocycles. The van der Waals surface area contributed by atoms with Crippen LogP contribution in [0.2, 0.25) is 0 Å². The molecule has 1 aliphatic heterocycles. The summed E-state index contributed by atoms with van der Waals surface area (Å²) in [5.41, 5.74) is 1.26. The van der Waals surface area contributed by atoms with E-state index in [0.29, 0.717) is 28.5 Å². The summed E-state index contributed by atoms with van der Waals surface area (Å²) in [6, 6.07) is 9.10. The molecular weight excluding hydrogens is 365 g/mol. The minimum absolute atomic E-state index is 0.316. The first-order chi connectivity index (χ1) is 13.4. The predicted octanol–water partition coefficient (Wildman–Crippen LogP) is 3.03. The number of carbonyl (C=O) groups excluding carboxylic acids is 1. The highest BCUT2D eigenvalue weighted by Crippen LogP contribution is 2.31. The molecule has 28 heavy (non-hydrogen) atoms. The van der Waals surface area contributed by atoms with Crippen molar-refractivity contribution in [2.75, 3.05) is 10.2 Å². The Balaban J connectivity index is 1.55. The van der Waals surface area contributed by atoms with Crippen LogP contribution in [0.5, 0.6) is 0 Å². The van der Waals surface area contributed by atoms with Gasteiger partial charge in [0, 0.05) is 36.6 Å². The van der Waals surface area contributed by atoms with Crippen molar-refractivity contribution in [2.24, 2.45) is 7.05 Å². The molecule has 9 heteroatoms.